The summed E-state index contributed by atoms with van der Waals surface area (Å²) in [4.78, 5) is 14.1. The number of H-pyrrole nitrogens is 1. The van der Waals surface area contributed by atoms with Gasteiger partial charge in [-0.25, -0.2) is 4.79 Å². The van der Waals surface area contributed by atoms with E-state index in [0.29, 0.717) is 31.8 Å². The van der Waals surface area contributed by atoms with E-state index in [0.717, 1.165) is 30.3 Å². The molecular weight excluding hydrogens is 345 g/mol. The Morgan fingerprint density at radius 2 is 1.92 bits per heavy atom. The van der Waals surface area contributed by atoms with Gasteiger partial charge >= 0.3 is 12.2 Å². The highest BCUT2D eigenvalue weighted by molar-refractivity contribution is 5.90. The van der Waals surface area contributed by atoms with Crippen LogP contribution in [0.25, 0.3) is 0 Å². The first-order chi connectivity index (χ1) is 12.4. The van der Waals surface area contributed by atoms with E-state index < -0.39 is 17.8 Å². The number of rotatable bonds is 2. The first-order valence-corrected chi connectivity index (χ1v) is 8.71. The topological polar surface area (TPSA) is 61.0 Å². The first kappa shape index (κ1) is 16.9. The Morgan fingerprint density at radius 1 is 1.19 bits per heavy atom. The summed E-state index contributed by atoms with van der Waals surface area (Å²) in [5.74, 6) is 0.522. The van der Waals surface area contributed by atoms with Crippen LogP contribution in [0, 0.1) is 0 Å². The lowest BCUT2D eigenvalue weighted by Gasteiger charge is -2.22. The third-order valence-corrected chi connectivity index (χ3v) is 4.97. The molecule has 0 unspecified atom stereocenters. The molecule has 0 spiro atoms. The standard InChI is InChI=1S/C18H19F3N4O/c19-18(20,21)13-3-1-2-4-15(13)22-17(26)25-9-7-12-14(8-10-25)23-24-16(12)11-5-6-11/h1-4,11H,5-10H2,(H,22,26)(H,23,24). The molecule has 8 heteroatoms. The summed E-state index contributed by atoms with van der Waals surface area (Å²) in [6, 6.07) is 4.52. The Hall–Kier alpha value is -2.51. The van der Waals surface area contributed by atoms with Crippen LogP contribution in [0.1, 0.15) is 41.3 Å². The predicted octanol–water partition coefficient (Wildman–Crippen LogP) is 3.94. The Morgan fingerprint density at radius 3 is 2.65 bits per heavy atom. The number of benzene rings is 1. The minimum Gasteiger partial charge on any atom is -0.324 e. The Balaban J connectivity index is 1.47. The van der Waals surface area contributed by atoms with Gasteiger partial charge in [0.05, 0.1) is 16.9 Å². The molecule has 2 N–H and O–H groups in total. The number of nitrogens with zero attached hydrogens (tertiary/aromatic N) is 2. The lowest BCUT2D eigenvalue weighted by atomic mass is 10.1. The highest BCUT2D eigenvalue weighted by Gasteiger charge is 2.34. The van der Waals surface area contributed by atoms with E-state index in [-0.39, 0.29) is 5.69 Å². The maximum Gasteiger partial charge on any atom is 0.418 e. The number of amides is 2. The molecule has 2 heterocycles. The quantitative estimate of drug-likeness (QED) is 0.848. The molecule has 2 aliphatic rings. The molecule has 1 aromatic carbocycles. The number of hydrogen-bond acceptors (Lipinski definition) is 2. The molecule has 1 aliphatic carbocycles. The molecule has 0 saturated heterocycles. The monoisotopic (exact) mass is 364 g/mol. The van der Waals surface area contributed by atoms with E-state index >= 15 is 0 Å². The van der Waals surface area contributed by atoms with E-state index in [2.05, 4.69) is 15.5 Å². The maximum atomic E-state index is 13.1. The van der Waals surface area contributed by atoms with Gasteiger partial charge in [0.2, 0.25) is 0 Å². The number of aromatic nitrogens is 2. The van der Waals surface area contributed by atoms with Crippen LogP contribution in [-0.4, -0.2) is 34.2 Å². The third kappa shape index (κ3) is 3.27. The van der Waals surface area contributed by atoms with Gasteiger partial charge in [-0.15, -0.1) is 0 Å². The van der Waals surface area contributed by atoms with Crippen LogP contribution in [-0.2, 0) is 19.0 Å². The van der Waals surface area contributed by atoms with E-state index in [4.69, 9.17) is 0 Å². The van der Waals surface area contributed by atoms with Gasteiger partial charge in [-0.3, -0.25) is 5.10 Å². The number of urea groups is 1. The fraction of sp³-hybridized carbons (Fsp3) is 0.444. The number of carbonyl (C=O) groups is 1. The second-order valence-corrected chi connectivity index (χ2v) is 6.80. The molecule has 138 valence electrons. The summed E-state index contributed by atoms with van der Waals surface area (Å²) in [5, 5.41) is 9.90. The number of anilines is 1. The van der Waals surface area contributed by atoms with Gasteiger partial charge in [0.1, 0.15) is 0 Å². The van der Waals surface area contributed by atoms with Crippen molar-refractivity contribution in [1.82, 2.24) is 15.1 Å². The molecular formula is C18H19F3N4O. The fourth-order valence-electron chi connectivity index (χ4n) is 3.44. The van der Waals surface area contributed by atoms with Gasteiger partial charge in [0, 0.05) is 31.1 Å². The lowest BCUT2D eigenvalue weighted by Crippen LogP contribution is -2.37. The zero-order valence-electron chi connectivity index (χ0n) is 14.1. The molecule has 1 aliphatic heterocycles. The third-order valence-electron chi connectivity index (χ3n) is 4.97. The number of carbonyl (C=O) groups excluding carboxylic acids is 1. The molecule has 0 atom stereocenters. The van der Waals surface area contributed by atoms with Crippen LogP contribution >= 0.6 is 0 Å². The number of para-hydroxylation sites is 1. The second-order valence-electron chi connectivity index (χ2n) is 6.80. The van der Waals surface area contributed by atoms with Crippen molar-refractivity contribution in [2.75, 3.05) is 18.4 Å². The minimum atomic E-state index is -4.51. The van der Waals surface area contributed by atoms with Crippen LogP contribution in [0.4, 0.5) is 23.7 Å². The van der Waals surface area contributed by atoms with Gasteiger partial charge in [-0.2, -0.15) is 18.3 Å². The van der Waals surface area contributed by atoms with Gasteiger partial charge < -0.3 is 10.2 Å². The Kier molecular flexibility index (Phi) is 4.13. The predicted molar refractivity (Wildman–Crippen MR) is 90.0 cm³/mol. The van der Waals surface area contributed by atoms with E-state index in [1.807, 2.05) is 0 Å². The van der Waals surface area contributed by atoms with Gasteiger partial charge in [-0.05, 0) is 37.0 Å². The summed E-state index contributed by atoms with van der Waals surface area (Å²) < 4.78 is 39.3. The summed E-state index contributed by atoms with van der Waals surface area (Å²) in [5.41, 5.74) is 2.27. The van der Waals surface area contributed by atoms with Crippen molar-refractivity contribution in [3.05, 3.63) is 46.8 Å². The average Bonchev–Trinajstić information content (AvgIpc) is 3.39. The fourth-order valence-corrected chi connectivity index (χ4v) is 3.44. The van der Waals surface area contributed by atoms with Crippen LogP contribution in [0.2, 0.25) is 0 Å². The van der Waals surface area contributed by atoms with Crippen molar-refractivity contribution in [3.8, 4) is 0 Å². The van der Waals surface area contributed by atoms with Crippen molar-refractivity contribution in [2.45, 2.75) is 37.8 Å². The summed E-state index contributed by atoms with van der Waals surface area (Å²) in [6.45, 7) is 0.908. The summed E-state index contributed by atoms with van der Waals surface area (Å²) >= 11 is 0. The van der Waals surface area contributed by atoms with Gasteiger partial charge in [0.25, 0.3) is 0 Å². The largest absolute Gasteiger partial charge is 0.418 e. The summed E-state index contributed by atoms with van der Waals surface area (Å²) in [7, 11) is 0. The Bertz CT molecular complexity index is 826. The highest BCUT2D eigenvalue weighted by Crippen LogP contribution is 2.41. The van der Waals surface area contributed by atoms with Crippen molar-refractivity contribution < 1.29 is 18.0 Å². The number of aromatic amines is 1. The molecule has 26 heavy (non-hydrogen) atoms. The lowest BCUT2D eigenvalue weighted by molar-refractivity contribution is -0.136. The molecule has 0 bridgehead atoms. The molecule has 2 amide bonds. The number of nitrogens with one attached hydrogen (secondary N) is 2. The zero-order valence-corrected chi connectivity index (χ0v) is 14.1. The first-order valence-electron chi connectivity index (χ1n) is 8.71. The van der Waals surface area contributed by atoms with Crippen molar-refractivity contribution in [1.29, 1.82) is 0 Å². The summed E-state index contributed by atoms with van der Waals surface area (Å²) in [6.07, 6.45) is -0.911. The van der Waals surface area contributed by atoms with E-state index in [1.165, 1.54) is 23.8 Å². The van der Waals surface area contributed by atoms with Crippen LogP contribution in [0.15, 0.2) is 24.3 Å². The smallest absolute Gasteiger partial charge is 0.324 e. The van der Waals surface area contributed by atoms with Crippen LogP contribution < -0.4 is 5.32 Å². The molecule has 1 fully saturated rings. The van der Waals surface area contributed by atoms with Crippen LogP contribution in [0.3, 0.4) is 0 Å². The SMILES string of the molecule is O=C(Nc1ccccc1C(F)(F)F)N1CCc2[nH]nc(C3CC3)c2CC1. The number of hydrogen-bond donors (Lipinski definition) is 2. The van der Waals surface area contributed by atoms with E-state index in [1.54, 1.807) is 4.90 Å². The van der Waals surface area contributed by atoms with Crippen LogP contribution in [0.5, 0.6) is 0 Å². The highest BCUT2D eigenvalue weighted by atomic mass is 19.4. The van der Waals surface area contributed by atoms with Crippen molar-refractivity contribution in [2.24, 2.45) is 0 Å². The van der Waals surface area contributed by atoms with Gasteiger partial charge in [-0.1, -0.05) is 12.1 Å². The molecule has 4 rings (SSSR count). The van der Waals surface area contributed by atoms with Crippen molar-refractivity contribution in [3.63, 3.8) is 0 Å². The normalized spacial score (nSPS) is 17.6. The zero-order chi connectivity index (χ0) is 18.3. The molecule has 1 aromatic heterocycles. The molecule has 1 saturated carbocycles. The number of alkyl halides is 3. The number of halogens is 3. The van der Waals surface area contributed by atoms with Crippen molar-refractivity contribution >= 4 is 11.7 Å². The molecule has 0 radical (unpaired) electrons. The average molecular weight is 364 g/mol. The molecule has 2 aromatic rings. The Labute approximate surface area is 148 Å². The maximum absolute atomic E-state index is 13.1. The number of fused-ring (bicyclic) bond motifs is 1. The minimum absolute atomic E-state index is 0.215. The second kappa shape index (κ2) is 6.34. The van der Waals surface area contributed by atoms with E-state index in [9.17, 15) is 18.0 Å². The van der Waals surface area contributed by atoms with Gasteiger partial charge in [0.15, 0.2) is 0 Å². The molecule has 5 nitrogen and oxygen atoms in total.